The van der Waals surface area contributed by atoms with Crippen molar-refractivity contribution >= 4 is 11.9 Å². The van der Waals surface area contributed by atoms with Gasteiger partial charge in [0.05, 0.1) is 6.67 Å². The van der Waals surface area contributed by atoms with Crippen molar-refractivity contribution in [3.8, 4) is 0 Å². The van der Waals surface area contributed by atoms with Gasteiger partial charge in [0, 0.05) is 13.2 Å². The molecule has 0 aliphatic heterocycles. The average molecular weight is 338 g/mol. The van der Waals surface area contributed by atoms with Crippen LogP contribution < -0.4 is 56.5 Å². The van der Waals surface area contributed by atoms with Crippen molar-refractivity contribution in [3.05, 3.63) is 12.2 Å². The Morgan fingerprint density at radius 2 is 2.05 bits per heavy atom. The van der Waals surface area contributed by atoms with Gasteiger partial charge < -0.3 is 15.3 Å². The van der Waals surface area contributed by atoms with Crippen molar-refractivity contribution in [3.63, 3.8) is 0 Å². The number of hydrogen-bond acceptors (Lipinski definition) is 5. The molecule has 7 heteroatoms. The number of aliphatic hydroxyl groups is 1. The molecule has 0 radical (unpaired) electrons. The zero-order valence-electron chi connectivity index (χ0n) is 14.0. The molecule has 6 nitrogen and oxygen atoms in total. The third-order valence-corrected chi connectivity index (χ3v) is 3.15. The first-order chi connectivity index (χ1) is 10.0. The SMILES string of the molecule is CCCCC/C=C/C([O-])=NCN(CCCO)C(C)C(=O)O.[K+]. The van der Waals surface area contributed by atoms with Gasteiger partial charge in [0.25, 0.3) is 0 Å². The Hall–Kier alpha value is 0.236. The molecule has 0 aromatic heterocycles. The monoisotopic (exact) mass is 338 g/mol. The number of rotatable bonds is 12. The molecule has 0 spiro atoms. The smallest absolute Gasteiger partial charge is 0.859 e. The van der Waals surface area contributed by atoms with Gasteiger partial charge in [-0.25, -0.2) is 0 Å². The number of aliphatic hydroxyl groups excluding tert-OH is 1. The first kappa shape index (κ1) is 24.5. The summed E-state index contributed by atoms with van der Waals surface area (Å²) in [6.07, 6.45) is 7.88. The van der Waals surface area contributed by atoms with E-state index in [4.69, 9.17) is 10.2 Å². The maximum atomic E-state index is 11.6. The molecule has 0 rings (SSSR count). The molecular weight excluding hydrogens is 311 g/mol. The van der Waals surface area contributed by atoms with E-state index in [2.05, 4.69) is 11.9 Å². The summed E-state index contributed by atoms with van der Waals surface area (Å²) in [6.45, 7) is 4.07. The van der Waals surface area contributed by atoms with Gasteiger partial charge in [0.2, 0.25) is 0 Å². The van der Waals surface area contributed by atoms with Crippen molar-refractivity contribution in [1.82, 2.24) is 4.90 Å². The van der Waals surface area contributed by atoms with Crippen LogP contribution in [0.4, 0.5) is 0 Å². The van der Waals surface area contributed by atoms with E-state index in [1.807, 2.05) is 0 Å². The van der Waals surface area contributed by atoms with Crippen LogP contribution in [0.25, 0.3) is 0 Å². The summed E-state index contributed by atoms with van der Waals surface area (Å²) in [4.78, 5) is 16.4. The molecule has 22 heavy (non-hydrogen) atoms. The number of carboxylic acid groups (broad SMARTS) is 1. The van der Waals surface area contributed by atoms with Crippen LogP contribution in [-0.4, -0.2) is 52.8 Å². The molecule has 0 saturated carbocycles. The Kier molecular flexibility index (Phi) is 17.9. The molecule has 0 fully saturated rings. The fourth-order valence-electron chi connectivity index (χ4n) is 1.73. The van der Waals surface area contributed by atoms with Crippen LogP contribution in [0.15, 0.2) is 17.1 Å². The number of carbonyl (C=O) groups is 1. The number of carboxylic acids is 1. The fourth-order valence-corrected chi connectivity index (χ4v) is 1.73. The molecule has 0 aromatic carbocycles. The minimum absolute atomic E-state index is 0. The summed E-state index contributed by atoms with van der Waals surface area (Å²) in [7, 11) is 0. The average Bonchev–Trinajstić information content (AvgIpc) is 2.46. The Balaban J connectivity index is 0. The summed E-state index contributed by atoms with van der Waals surface area (Å²) in [5.74, 6) is -1.32. The first-order valence-corrected chi connectivity index (χ1v) is 7.48. The minimum Gasteiger partial charge on any atom is -0.859 e. The zero-order valence-corrected chi connectivity index (χ0v) is 17.1. The second kappa shape index (κ2) is 16.1. The summed E-state index contributed by atoms with van der Waals surface area (Å²) in [5.41, 5.74) is 0. The Bertz CT molecular complexity index is 348. The van der Waals surface area contributed by atoms with E-state index in [9.17, 15) is 9.90 Å². The molecule has 1 atom stereocenters. The molecule has 122 valence electrons. The number of nitrogens with zero attached hydrogens (tertiary/aromatic N) is 2. The first-order valence-electron chi connectivity index (χ1n) is 7.48. The van der Waals surface area contributed by atoms with Crippen molar-refractivity contribution in [2.24, 2.45) is 4.99 Å². The largest absolute Gasteiger partial charge is 1.00 e. The van der Waals surface area contributed by atoms with Gasteiger partial charge in [-0.2, -0.15) is 0 Å². The van der Waals surface area contributed by atoms with E-state index in [-0.39, 0.29) is 70.6 Å². The maximum Gasteiger partial charge on any atom is 1.00 e. The summed E-state index contributed by atoms with van der Waals surface area (Å²) in [5, 5.41) is 29.4. The standard InChI is InChI=1S/C15H28N2O4.K/c1-3-4-5-6-7-9-14(19)16-12-17(10-8-11-18)13(2)15(20)21;/h7,9,13,18H,3-6,8,10-12H2,1-2H3,(H,16,19)(H,20,21);/q;+1/p-1/b9-7+;. The van der Waals surface area contributed by atoms with Crippen molar-refractivity contribution in [2.45, 2.75) is 52.0 Å². The number of unbranched alkanes of at least 4 members (excludes halogenated alkanes) is 3. The van der Waals surface area contributed by atoms with Gasteiger partial charge in [-0.05, 0) is 32.1 Å². The third kappa shape index (κ3) is 12.7. The second-order valence-corrected chi connectivity index (χ2v) is 4.94. The van der Waals surface area contributed by atoms with Crippen molar-refractivity contribution in [1.29, 1.82) is 0 Å². The Morgan fingerprint density at radius 3 is 2.59 bits per heavy atom. The van der Waals surface area contributed by atoms with Crippen LogP contribution >= 0.6 is 0 Å². The van der Waals surface area contributed by atoms with Gasteiger partial charge in [-0.1, -0.05) is 31.9 Å². The van der Waals surface area contributed by atoms with Crippen molar-refractivity contribution < 1.29 is 71.5 Å². The molecule has 0 aromatic rings. The number of aliphatic imine (C=N–C) groups is 1. The predicted octanol–water partition coefficient (Wildman–Crippen LogP) is -2.00. The summed E-state index contributed by atoms with van der Waals surface area (Å²) >= 11 is 0. The predicted molar refractivity (Wildman–Crippen MR) is 81.1 cm³/mol. The van der Waals surface area contributed by atoms with E-state index in [0.717, 1.165) is 25.7 Å². The molecule has 0 aliphatic rings. The van der Waals surface area contributed by atoms with Gasteiger partial charge in [0.15, 0.2) is 0 Å². The van der Waals surface area contributed by atoms with E-state index in [1.54, 1.807) is 17.9 Å². The van der Waals surface area contributed by atoms with E-state index in [1.165, 1.54) is 6.08 Å². The van der Waals surface area contributed by atoms with E-state index in [0.29, 0.717) is 13.0 Å². The van der Waals surface area contributed by atoms with Crippen LogP contribution in [0.5, 0.6) is 0 Å². The normalized spacial score (nSPS) is 13.4. The topological polar surface area (TPSA) is 96.2 Å². The molecule has 0 amide bonds. The van der Waals surface area contributed by atoms with Gasteiger partial charge in [-0.3, -0.25) is 14.7 Å². The number of aliphatic carboxylic acids is 1. The number of hydrogen-bond donors (Lipinski definition) is 2. The van der Waals surface area contributed by atoms with Crippen LogP contribution in [-0.2, 0) is 4.79 Å². The molecule has 0 bridgehead atoms. The van der Waals surface area contributed by atoms with Crippen LogP contribution in [0, 0.1) is 0 Å². The zero-order chi connectivity index (χ0) is 16.1. The summed E-state index contributed by atoms with van der Waals surface area (Å²) < 4.78 is 0. The molecule has 0 aliphatic carbocycles. The van der Waals surface area contributed by atoms with Crippen LogP contribution in [0.1, 0.15) is 46.0 Å². The quantitative estimate of drug-likeness (QED) is 0.186. The Labute approximate surface area is 175 Å². The molecule has 0 heterocycles. The van der Waals surface area contributed by atoms with E-state index >= 15 is 0 Å². The molecule has 2 N–H and O–H groups in total. The molecule has 0 saturated heterocycles. The van der Waals surface area contributed by atoms with Crippen molar-refractivity contribution in [2.75, 3.05) is 19.8 Å². The van der Waals surface area contributed by atoms with Gasteiger partial charge in [0.1, 0.15) is 6.04 Å². The summed E-state index contributed by atoms with van der Waals surface area (Å²) in [6, 6.07) is -0.735. The van der Waals surface area contributed by atoms with Gasteiger partial charge in [-0.15, -0.1) is 0 Å². The van der Waals surface area contributed by atoms with E-state index < -0.39 is 12.0 Å². The second-order valence-electron chi connectivity index (χ2n) is 4.94. The van der Waals surface area contributed by atoms with Crippen LogP contribution in [0.3, 0.4) is 0 Å². The fraction of sp³-hybridized carbons (Fsp3) is 0.733. The third-order valence-electron chi connectivity index (χ3n) is 3.15. The van der Waals surface area contributed by atoms with Crippen LogP contribution in [0.2, 0.25) is 0 Å². The molecule has 1 unspecified atom stereocenters. The Morgan fingerprint density at radius 1 is 1.36 bits per heavy atom. The minimum atomic E-state index is -0.967. The molecular formula is C15H27KN2O4. The number of allylic oxidation sites excluding steroid dienone is 1. The maximum absolute atomic E-state index is 11.6. The van der Waals surface area contributed by atoms with Gasteiger partial charge >= 0.3 is 57.4 Å².